The summed E-state index contributed by atoms with van der Waals surface area (Å²) in [7, 11) is 0. The maximum atomic E-state index is 4.61. The van der Waals surface area contributed by atoms with Crippen LogP contribution in [0.1, 0.15) is 18.5 Å². The lowest BCUT2D eigenvalue weighted by molar-refractivity contribution is 0.882. The second-order valence-electron chi connectivity index (χ2n) is 4.55. The van der Waals surface area contributed by atoms with Crippen LogP contribution in [0.3, 0.4) is 0 Å². The average molecular weight is 412 g/mol. The largest absolute Gasteiger partial charge is 0.355 e. The molecule has 5 heteroatoms. The normalized spacial score (nSPS) is 12.6. The smallest absolute Gasteiger partial charge is 0.184 e. The molecule has 0 saturated carbocycles. The molecule has 1 unspecified atom stereocenters. The Labute approximate surface area is 138 Å². The van der Waals surface area contributed by atoms with Crippen LogP contribution >= 0.6 is 43.2 Å². The molecule has 3 rings (SSSR count). The molecule has 0 bridgehead atoms. The first-order valence-electron chi connectivity index (χ1n) is 6.20. The van der Waals surface area contributed by atoms with Crippen LogP contribution in [0, 0.1) is 0 Å². The van der Waals surface area contributed by atoms with Gasteiger partial charge in [-0.1, -0.05) is 55.3 Å². The van der Waals surface area contributed by atoms with Crippen LogP contribution in [0.15, 0.2) is 51.4 Å². The summed E-state index contributed by atoms with van der Waals surface area (Å²) in [6, 6.07) is 14.7. The Kier molecular flexibility index (Phi) is 4.10. The molecule has 20 heavy (non-hydrogen) atoms. The maximum Gasteiger partial charge on any atom is 0.184 e. The number of nitrogens with one attached hydrogen (secondary N) is 1. The number of nitrogens with zero attached hydrogens (tertiary/aromatic N) is 1. The predicted octanol–water partition coefficient (Wildman–Crippen LogP) is 5.99. The Morgan fingerprint density at radius 3 is 2.50 bits per heavy atom. The summed E-state index contributed by atoms with van der Waals surface area (Å²) in [5.41, 5.74) is 2.28. The van der Waals surface area contributed by atoms with Gasteiger partial charge in [0, 0.05) is 8.95 Å². The third kappa shape index (κ3) is 3.05. The topological polar surface area (TPSA) is 24.9 Å². The zero-order chi connectivity index (χ0) is 14.1. The van der Waals surface area contributed by atoms with Gasteiger partial charge in [-0.25, -0.2) is 4.98 Å². The van der Waals surface area contributed by atoms with E-state index in [4.69, 9.17) is 0 Å². The molecule has 0 aliphatic heterocycles. The summed E-state index contributed by atoms with van der Waals surface area (Å²) in [6.07, 6.45) is 0. The van der Waals surface area contributed by atoms with E-state index in [0.29, 0.717) is 0 Å². The van der Waals surface area contributed by atoms with Gasteiger partial charge in [0.05, 0.1) is 16.3 Å². The van der Waals surface area contributed by atoms with E-state index in [-0.39, 0.29) is 6.04 Å². The van der Waals surface area contributed by atoms with Gasteiger partial charge in [0.15, 0.2) is 5.13 Å². The number of hydrogen-bond acceptors (Lipinski definition) is 3. The number of anilines is 1. The van der Waals surface area contributed by atoms with Crippen LogP contribution in [0.2, 0.25) is 0 Å². The second kappa shape index (κ2) is 5.84. The van der Waals surface area contributed by atoms with Gasteiger partial charge in [-0.15, -0.1) is 0 Å². The van der Waals surface area contributed by atoms with Crippen LogP contribution in [-0.2, 0) is 0 Å². The first-order valence-corrected chi connectivity index (χ1v) is 8.60. The fraction of sp³-hybridized carbons (Fsp3) is 0.133. The van der Waals surface area contributed by atoms with E-state index < -0.39 is 0 Å². The minimum absolute atomic E-state index is 0.229. The molecule has 2 aromatic carbocycles. The molecule has 2 nitrogen and oxygen atoms in total. The third-order valence-corrected chi connectivity index (χ3v) is 5.03. The average Bonchev–Trinajstić information content (AvgIpc) is 2.80. The van der Waals surface area contributed by atoms with E-state index in [1.807, 2.05) is 12.1 Å². The van der Waals surface area contributed by atoms with Crippen molar-refractivity contribution in [3.05, 3.63) is 57.0 Å². The molecule has 0 aliphatic carbocycles. The summed E-state index contributed by atoms with van der Waals surface area (Å²) in [6.45, 7) is 2.14. The van der Waals surface area contributed by atoms with E-state index in [0.717, 1.165) is 19.6 Å². The second-order valence-corrected chi connectivity index (χ2v) is 7.41. The van der Waals surface area contributed by atoms with Gasteiger partial charge >= 0.3 is 0 Å². The summed E-state index contributed by atoms with van der Waals surface area (Å²) >= 11 is 8.62. The van der Waals surface area contributed by atoms with E-state index in [1.54, 1.807) is 11.3 Å². The van der Waals surface area contributed by atoms with Crippen molar-refractivity contribution in [3.63, 3.8) is 0 Å². The number of aromatic nitrogens is 1. The highest BCUT2D eigenvalue weighted by Crippen LogP contribution is 2.30. The van der Waals surface area contributed by atoms with E-state index >= 15 is 0 Å². The van der Waals surface area contributed by atoms with Gasteiger partial charge in [0.25, 0.3) is 0 Å². The molecular formula is C15H12Br2N2S. The Hall–Kier alpha value is -0.910. The molecule has 0 fully saturated rings. The molecule has 1 atom stereocenters. The van der Waals surface area contributed by atoms with Crippen molar-refractivity contribution < 1.29 is 0 Å². The summed E-state index contributed by atoms with van der Waals surface area (Å²) in [5, 5.41) is 4.42. The van der Waals surface area contributed by atoms with Gasteiger partial charge in [-0.3, -0.25) is 0 Å². The third-order valence-electron chi connectivity index (χ3n) is 3.06. The van der Waals surface area contributed by atoms with Gasteiger partial charge in [0.1, 0.15) is 0 Å². The Bertz CT molecular complexity index is 737. The van der Waals surface area contributed by atoms with Gasteiger partial charge in [-0.05, 0) is 42.8 Å². The minimum atomic E-state index is 0.229. The lowest BCUT2D eigenvalue weighted by Crippen LogP contribution is -2.05. The number of halogens is 2. The minimum Gasteiger partial charge on any atom is -0.355 e. The van der Waals surface area contributed by atoms with E-state index in [2.05, 4.69) is 79.4 Å². The highest BCUT2D eigenvalue weighted by molar-refractivity contribution is 9.10. The quantitative estimate of drug-likeness (QED) is 0.572. The lowest BCUT2D eigenvalue weighted by Gasteiger charge is -2.13. The highest BCUT2D eigenvalue weighted by Gasteiger charge is 2.09. The highest BCUT2D eigenvalue weighted by atomic mass is 79.9. The summed E-state index contributed by atoms with van der Waals surface area (Å²) in [5.74, 6) is 0. The van der Waals surface area contributed by atoms with Gasteiger partial charge in [0.2, 0.25) is 0 Å². The van der Waals surface area contributed by atoms with Gasteiger partial charge < -0.3 is 5.32 Å². The molecule has 1 aromatic heterocycles. The molecule has 0 spiro atoms. The van der Waals surface area contributed by atoms with E-state index in [9.17, 15) is 0 Å². The van der Waals surface area contributed by atoms with Crippen LogP contribution < -0.4 is 5.32 Å². The zero-order valence-electron chi connectivity index (χ0n) is 10.7. The Morgan fingerprint density at radius 1 is 1.05 bits per heavy atom. The number of rotatable bonds is 3. The van der Waals surface area contributed by atoms with Crippen LogP contribution in [0.4, 0.5) is 5.13 Å². The molecular weight excluding hydrogens is 400 g/mol. The Balaban J connectivity index is 1.83. The van der Waals surface area contributed by atoms with E-state index in [1.165, 1.54) is 10.3 Å². The fourth-order valence-electron chi connectivity index (χ4n) is 1.98. The molecule has 1 heterocycles. The van der Waals surface area contributed by atoms with Crippen molar-refractivity contribution in [2.75, 3.05) is 5.32 Å². The molecule has 102 valence electrons. The number of thiazole rings is 1. The van der Waals surface area contributed by atoms with Crippen molar-refractivity contribution in [1.29, 1.82) is 0 Å². The Morgan fingerprint density at radius 2 is 1.75 bits per heavy atom. The maximum absolute atomic E-state index is 4.61. The molecule has 0 amide bonds. The molecule has 0 saturated heterocycles. The number of hydrogen-bond donors (Lipinski definition) is 1. The zero-order valence-corrected chi connectivity index (χ0v) is 14.7. The van der Waals surface area contributed by atoms with Crippen molar-refractivity contribution >= 4 is 58.5 Å². The predicted molar refractivity (Wildman–Crippen MR) is 93.5 cm³/mol. The summed E-state index contributed by atoms with van der Waals surface area (Å²) < 4.78 is 3.37. The van der Waals surface area contributed by atoms with Crippen molar-refractivity contribution in [2.45, 2.75) is 13.0 Å². The lowest BCUT2D eigenvalue weighted by atomic mass is 10.1. The van der Waals surface area contributed by atoms with Crippen LogP contribution in [-0.4, -0.2) is 4.98 Å². The summed E-state index contributed by atoms with van der Waals surface area (Å²) in [4.78, 5) is 4.61. The molecule has 0 aliphatic rings. The SMILES string of the molecule is CC(Nc1nc2ccc(Br)cc2s1)c1ccc(Br)cc1. The molecule has 1 N–H and O–H groups in total. The first-order chi connectivity index (χ1) is 9.61. The van der Waals surface area contributed by atoms with Gasteiger partial charge in [-0.2, -0.15) is 0 Å². The molecule has 3 aromatic rings. The van der Waals surface area contributed by atoms with Crippen molar-refractivity contribution in [3.8, 4) is 0 Å². The van der Waals surface area contributed by atoms with Crippen molar-refractivity contribution in [2.24, 2.45) is 0 Å². The number of fused-ring (bicyclic) bond motifs is 1. The monoisotopic (exact) mass is 410 g/mol. The van der Waals surface area contributed by atoms with Crippen LogP contribution in [0.25, 0.3) is 10.2 Å². The van der Waals surface area contributed by atoms with Crippen LogP contribution in [0.5, 0.6) is 0 Å². The van der Waals surface area contributed by atoms with Crippen molar-refractivity contribution in [1.82, 2.24) is 4.98 Å². The first kappa shape index (κ1) is 14.0. The fourth-order valence-corrected chi connectivity index (χ4v) is 3.75. The molecule has 0 radical (unpaired) electrons. The number of benzene rings is 2. The standard InChI is InChI=1S/C15H12Br2N2S/c1-9(10-2-4-11(16)5-3-10)18-15-19-13-7-6-12(17)8-14(13)20-15/h2-9H,1H3,(H,18,19).